The number of hydrogen-bond donors (Lipinski definition) is 1. The summed E-state index contributed by atoms with van der Waals surface area (Å²) < 4.78 is 0. The van der Waals surface area contributed by atoms with E-state index in [0.717, 1.165) is 6.42 Å². The van der Waals surface area contributed by atoms with Gasteiger partial charge in [0.05, 0.1) is 0 Å². The lowest BCUT2D eigenvalue weighted by Gasteiger charge is -2.21. The van der Waals surface area contributed by atoms with E-state index in [1.54, 1.807) is 0 Å². The lowest BCUT2D eigenvalue weighted by molar-refractivity contribution is 0.452. The topological polar surface area (TPSA) is 12.0 Å². The van der Waals surface area contributed by atoms with Crippen LogP contribution in [0.5, 0.6) is 0 Å². The summed E-state index contributed by atoms with van der Waals surface area (Å²) >= 11 is 4.51. The number of nitrogens with one attached hydrogen (secondary N) is 1. The standard InChI is InChI=1S/C6H12NS/c1-4-6(2,3)7-5-8/h4H2,1-3H3,(H,7,8). The van der Waals surface area contributed by atoms with Gasteiger partial charge in [0.1, 0.15) is 5.49 Å². The summed E-state index contributed by atoms with van der Waals surface area (Å²) in [6, 6.07) is 0. The van der Waals surface area contributed by atoms with Gasteiger partial charge in [0.25, 0.3) is 0 Å². The van der Waals surface area contributed by atoms with Crippen molar-refractivity contribution in [2.75, 3.05) is 0 Å². The fourth-order valence-electron chi connectivity index (χ4n) is 0.227. The van der Waals surface area contributed by atoms with Crippen molar-refractivity contribution in [3.8, 4) is 0 Å². The van der Waals surface area contributed by atoms with Crippen LogP contribution >= 0.6 is 12.2 Å². The Kier molecular flexibility index (Phi) is 2.98. The predicted molar refractivity (Wildman–Crippen MR) is 40.1 cm³/mol. The van der Waals surface area contributed by atoms with Crippen LogP contribution in [0.15, 0.2) is 0 Å². The smallest absolute Gasteiger partial charge is 0.134 e. The molecule has 47 valence electrons. The van der Waals surface area contributed by atoms with Crippen LogP contribution < -0.4 is 5.32 Å². The van der Waals surface area contributed by atoms with Gasteiger partial charge in [0.15, 0.2) is 0 Å². The van der Waals surface area contributed by atoms with Crippen molar-refractivity contribution in [1.29, 1.82) is 0 Å². The first kappa shape index (κ1) is 7.89. The third-order valence-electron chi connectivity index (χ3n) is 1.27. The monoisotopic (exact) mass is 130 g/mol. The van der Waals surface area contributed by atoms with E-state index >= 15 is 0 Å². The van der Waals surface area contributed by atoms with Crippen LogP contribution in [0.1, 0.15) is 27.2 Å². The molecule has 1 nitrogen and oxygen atoms in total. The second-order valence-corrected chi connectivity index (χ2v) is 2.67. The second kappa shape index (κ2) is 3.02. The average Bonchev–Trinajstić information content (AvgIpc) is 1.67. The summed E-state index contributed by atoms with van der Waals surface area (Å²) in [4.78, 5) is 0. The second-order valence-electron chi connectivity index (χ2n) is 2.46. The Morgan fingerprint density at radius 2 is 2.12 bits per heavy atom. The Hall–Kier alpha value is -0.110. The van der Waals surface area contributed by atoms with Crippen molar-refractivity contribution >= 4 is 17.7 Å². The van der Waals surface area contributed by atoms with E-state index < -0.39 is 0 Å². The molecule has 0 aliphatic heterocycles. The van der Waals surface area contributed by atoms with E-state index in [1.165, 1.54) is 0 Å². The van der Waals surface area contributed by atoms with Crippen molar-refractivity contribution in [3.05, 3.63) is 0 Å². The van der Waals surface area contributed by atoms with Gasteiger partial charge in [-0.25, -0.2) is 0 Å². The van der Waals surface area contributed by atoms with Crippen molar-refractivity contribution in [2.24, 2.45) is 0 Å². The van der Waals surface area contributed by atoms with Gasteiger partial charge in [-0.3, -0.25) is 0 Å². The molecule has 0 saturated heterocycles. The Morgan fingerprint density at radius 1 is 1.62 bits per heavy atom. The quantitative estimate of drug-likeness (QED) is 0.460. The van der Waals surface area contributed by atoms with Crippen LogP contribution in [-0.2, 0) is 0 Å². The number of hydrogen-bond acceptors (Lipinski definition) is 1. The number of rotatable bonds is 3. The average molecular weight is 130 g/mol. The summed E-state index contributed by atoms with van der Waals surface area (Å²) in [6.07, 6.45) is 1.07. The summed E-state index contributed by atoms with van der Waals surface area (Å²) in [5, 5.41) is 2.94. The molecule has 0 fully saturated rings. The molecule has 0 saturated carbocycles. The third kappa shape index (κ3) is 2.97. The Balaban J connectivity index is 3.53. The first-order chi connectivity index (χ1) is 3.62. The summed E-state index contributed by atoms with van der Waals surface area (Å²) in [7, 11) is 0. The predicted octanol–water partition coefficient (Wildman–Crippen LogP) is 1.60. The zero-order valence-corrected chi connectivity index (χ0v) is 6.43. The van der Waals surface area contributed by atoms with Gasteiger partial charge in [-0.1, -0.05) is 19.1 Å². The van der Waals surface area contributed by atoms with Crippen LogP contribution in [0.25, 0.3) is 0 Å². The molecule has 0 aromatic carbocycles. The molecule has 0 spiro atoms. The molecule has 0 atom stereocenters. The van der Waals surface area contributed by atoms with E-state index in [1.807, 2.05) is 0 Å². The summed E-state index contributed by atoms with van der Waals surface area (Å²) in [5.74, 6) is 0. The molecule has 8 heavy (non-hydrogen) atoms. The van der Waals surface area contributed by atoms with Crippen LogP contribution in [0.2, 0.25) is 0 Å². The van der Waals surface area contributed by atoms with Gasteiger partial charge in [-0.15, -0.1) is 0 Å². The van der Waals surface area contributed by atoms with Gasteiger partial charge in [0.2, 0.25) is 0 Å². The van der Waals surface area contributed by atoms with E-state index in [9.17, 15) is 0 Å². The molecule has 0 aliphatic carbocycles. The van der Waals surface area contributed by atoms with Gasteiger partial charge >= 0.3 is 0 Å². The molecule has 0 bridgehead atoms. The highest BCUT2D eigenvalue weighted by atomic mass is 32.1. The molecule has 1 radical (unpaired) electrons. The van der Waals surface area contributed by atoms with Gasteiger partial charge in [-0.05, 0) is 20.3 Å². The Bertz CT molecular complexity index is 78.6. The highest BCUT2D eigenvalue weighted by molar-refractivity contribution is 7.78. The van der Waals surface area contributed by atoms with Gasteiger partial charge in [-0.2, -0.15) is 0 Å². The van der Waals surface area contributed by atoms with E-state index in [0.29, 0.717) is 0 Å². The van der Waals surface area contributed by atoms with Crippen LogP contribution in [0.4, 0.5) is 0 Å². The normalized spacial score (nSPS) is 10.9. The molecule has 0 unspecified atom stereocenters. The van der Waals surface area contributed by atoms with Crippen molar-refractivity contribution < 1.29 is 0 Å². The van der Waals surface area contributed by atoms with Crippen molar-refractivity contribution in [1.82, 2.24) is 5.32 Å². The van der Waals surface area contributed by atoms with Crippen molar-refractivity contribution in [2.45, 2.75) is 32.7 Å². The van der Waals surface area contributed by atoms with E-state index in [-0.39, 0.29) is 5.54 Å². The molecule has 0 amide bonds. The zero-order valence-electron chi connectivity index (χ0n) is 5.62. The fourth-order valence-corrected chi connectivity index (χ4v) is 0.503. The molecule has 0 heterocycles. The third-order valence-corrected chi connectivity index (χ3v) is 1.38. The largest absolute Gasteiger partial charge is 0.369 e. The molecule has 0 aromatic rings. The van der Waals surface area contributed by atoms with Crippen LogP contribution in [0, 0.1) is 0 Å². The van der Waals surface area contributed by atoms with Crippen LogP contribution in [0.3, 0.4) is 0 Å². The van der Waals surface area contributed by atoms with Gasteiger partial charge < -0.3 is 5.32 Å². The molecule has 1 N–H and O–H groups in total. The fraction of sp³-hybridized carbons (Fsp3) is 0.833. The van der Waals surface area contributed by atoms with E-state index in [4.69, 9.17) is 0 Å². The highest BCUT2D eigenvalue weighted by Crippen LogP contribution is 2.04. The minimum absolute atomic E-state index is 0.127. The maximum Gasteiger partial charge on any atom is 0.134 e. The first-order valence-electron chi connectivity index (χ1n) is 2.76. The first-order valence-corrected chi connectivity index (χ1v) is 3.17. The SMILES string of the molecule is CCC(C)(C)N[C]=S. The summed E-state index contributed by atoms with van der Waals surface area (Å²) in [5.41, 5.74) is 2.62. The van der Waals surface area contributed by atoms with Gasteiger partial charge in [0, 0.05) is 5.54 Å². The summed E-state index contributed by atoms with van der Waals surface area (Å²) in [6.45, 7) is 6.29. The minimum Gasteiger partial charge on any atom is -0.369 e. The molecule has 0 aliphatic rings. The molecular formula is C6H12NS. The molecule has 0 rings (SSSR count). The molecule has 2 heteroatoms. The Morgan fingerprint density at radius 3 is 2.25 bits per heavy atom. The molecule has 0 aromatic heterocycles. The zero-order chi connectivity index (χ0) is 6.62. The highest BCUT2D eigenvalue weighted by Gasteiger charge is 2.10. The van der Waals surface area contributed by atoms with Crippen LogP contribution in [-0.4, -0.2) is 11.0 Å². The molecular weight excluding hydrogens is 118 g/mol. The lowest BCUT2D eigenvalue weighted by Crippen LogP contribution is -2.36. The number of thiocarbonyl (C=S) groups is 1. The van der Waals surface area contributed by atoms with E-state index in [2.05, 4.69) is 43.8 Å². The Labute approximate surface area is 56.5 Å². The lowest BCUT2D eigenvalue weighted by atomic mass is 10.0. The van der Waals surface area contributed by atoms with Crippen molar-refractivity contribution in [3.63, 3.8) is 0 Å². The minimum atomic E-state index is 0.127. The maximum absolute atomic E-state index is 4.51. The maximum atomic E-state index is 4.51.